The number of hydrazone groups is 1. The van der Waals surface area contributed by atoms with Gasteiger partial charge in [-0.25, -0.2) is 5.43 Å². The summed E-state index contributed by atoms with van der Waals surface area (Å²) < 4.78 is 10.6. The summed E-state index contributed by atoms with van der Waals surface area (Å²) in [6, 6.07) is 17.5. The molecule has 33 heavy (non-hydrogen) atoms. The fourth-order valence-corrected chi connectivity index (χ4v) is 2.80. The van der Waals surface area contributed by atoms with E-state index in [4.69, 9.17) is 20.8 Å². The summed E-state index contributed by atoms with van der Waals surface area (Å²) in [7, 11) is 0. The lowest BCUT2D eigenvalue weighted by Gasteiger charge is -2.10. The maximum absolute atomic E-state index is 12.1. The highest BCUT2D eigenvalue weighted by molar-refractivity contribution is 6.35. The van der Waals surface area contributed by atoms with Crippen molar-refractivity contribution in [2.75, 3.05) is 6.61 Å². The van der Waals surface area contributed by atoms with Gasteiger partial charge in [0.25, 0.3) is 5.91 Å². The van der Waals surface area contributed by atoms with Gasteiger partial charge in [0.05, 0.1) is 19.0 Å². The number of carbonyl (C=O) groups is 3. The number of rotatable bonds is 9. The van der Waals surface area contributed by atoms with Crippen LogP contribution in [0.3, 0.4) is 0 Å². The van der Waals surface area contributed by atoms with Crippen LogP contribution in [0.4, 0.5) is 0 Å². The van der Waals surface area contributed by atoms with E-state index in [1.54, 1.807) is 30.3 Å². The van der Waals surface area contributed by atoms with Crippen molar-refractivity contribution in [3.8, 4) is 5.75 Å². The van der Waals surface area contributed by atoms with Crippen LogP contribution in [0.25, 0.3) is 0 Å². The van der Waals surface area contributed by atoms with Gasteiger partial charge in [0.1, 0.15) is 11.5 Å². The Hall–Kier alpha value is -4.11. The number of carbonyl (C=O) groups excluding carboxylic acids is 3. The Morgan fingerprint density at radius 3 is 2.55 bits per heavy atom. The van der Waals surface area contributed by atoms with Crippen molar-refractivity contribution in [1.29, 1.82) is 0 Å². The van der Waals surface area contributed by atoms with E-state index in [0.29, 0.717) is 28.6 Å². The van der Waals surface area contributed by atoms with E-state index in [1.807, 2.05) is 30.3 Å². The highest BCUT2D eigenvalue weighted by atomic mass is 35.5. The molecule has 2 aromatic carbocycles. The maximum Gasteiger partial charge on any atom is 0.329 e. The second-order valence-corrected chi connectivity index (χ2v) is 7.13. The highest BCUT2D eigenvalue weighted by Crippen LogP contribution is 2.21. The molecule has 0 saturated heterocycles. The summed E-state index contributed by atoms with van der Waals surface area (Å²) in [6.07, 6.45) is 2.73. The van der Waals surface area contributed by atoms with E-state index in [2.05, 4.69) is 21.2 Å². The molecule has 0 atom stereocenters. The average molecular weight is 469 g/mol. The van der Waals surface area contributed by atoms with Crippen molar-refractivity contribution < 1.29 is 23.5 Å². The molecule has 1 aromatic heterocycles. The molecule has 0 spiro atoms. The third-order valence-electron chi connectivity index (χ3n) is 4.24. The minimum Gasteiger partial charge on any atom is -0.483 e. The SMILES string of the molecule is O=C(COc1ccc(Cl)cc1/C=N\NC(=O)C(=O)NCc1ccco1)NCc1ccccc1. The van der Waals surface area contributed by atoms with Gasteiger partial charge in [0.15, 0.2) is 6.61 Å². The Labute approximate surface area is 194 Å². The van der Waals surface area contributed by atoms with Gasteiger partial charge in [-0.3, -0.25) is 14.4 Å². The lowest BCUT2D eigenvalue weighted by Crippen LogP contribution is -2.37. The first-order valence-corrected chi connectivity index (χ1v) is 10.3. The predicted molar refractivity (Wildman–Crippen MR) is 122 cm³/mol. The van der Waals surface area contributed by atoms with E-state index in [9.17, 15) is 14.4 Å². The second kappa shape index (κ2) is 12.1. The molecule has 0 aliphatic rings. The standard InChI is InChI=1S/C23H21ClN4O5/c24-18-8-9-20(33-15-21(29)25-12-16-5-2-1-3-6-16)17(11-18)13-27-28-23(31)22(30)26-14-19-7-4-10-32-19/h1-11,13H,12,14-15H2,(H,25,29)(H,26,30)(H,28,31)/b27-13-. The summed E-state index contributed by atoms with van der Waals surface area (Å²) in [5, 5.41) is 9.33. The molecule has 3 amide bonds. The molecule has 3 N–H and O–H groups in total. The van der Waals surface area contributed by atoms with Gasteiger partial charge in [-0.2, -0.15) is 5.10 Å². The largest absolute Gasteiger partial charge is 0.483 e. The highest BCUT2D eigenvalue weighted by Gasteiger charge is 2.13. The first-order valence-electron chi connectivity index (χ1n) is 9.88. The number of benzene rings is 2. The van der Waals surface area contributed by atoms with Gasteiger partial charge in [0.2, 0.25) is 0 Å². The zero-order valence-electron chi connectivity index (χ0n) is 17.4. The lowest BCUT2D eigenvalue weighted by atomic mass is 10.2. The number of ether oxygens (including phenoxy) is 1. The Bertz CT molecular complexity index is 1120. The molecule has 9 nitrogen and oxygen atoms in total. The van der Waals surface area contributed by atoms with E-state index in [1.165, 1.54) is 12.5 Å². The predicted octanol–water partition coefficient (Wildman–Crippen LogP) is 2.39. The number of nitrogens with zero attached hydrogens (tertiary/aromatic N) is 1. The number of nitrogens with one attached hydrogen (secondary N) is 3. The van der Waals surface area contributed by atoms with Crippen molar-refractivity contribution in [3.63, 3.8) is 0 Å². The van der Waals surface area contributed by atoms with Crippen molar-refractivity contribution in [2.45, 2.75) is 13.1 Å². The fraction of sp³-hybridized carbons (Fsp3) is 0.130. The van der Waals surface area contributed by atoms with Gasteiger partial charge < -0.3 is 19.8 Å². The number of halogens is 1. The average Bonchev–Trinajstić information content (AvgIpc) is 3.35. The summed E-state index contributed by atoms with van der Waals surface area (Å²) in [5.41, 5.74) is 3.50. The molecule has 0 bridgehead atoms. The molecule has 0 aliphatic carbocycles. The van der Waals surface area contributed by atoms with Crippen molar-refractivity contribution in [3.05, 3.63) is 88.8 Å². The number of amides is 3. The first-order chi connectivity index (χ1) is 16.0. The van der Waals surface area contributed by atoms with Crippen LogP contribution in [0.15, 0.2) is 76.4 Å². The Kier molecular flexibility index (Phi) is 8.61. The number of hydrogen-bond acceptors (Lipinski definition) is 6. The van der Waals surface area contributed by atoms with Gasteiger partial charge in [-0.05, 0) is 35.9 Å². The third kappa shape index (κ3) is 7.82. The van der Waals surface area contributed by atoms with Crippen LogP contribution in [-0.2, 0) is 27.5 Å². The van der Waals surface area contributed by atoms with Crippen LogP contribution in [0.5, 0.6) is 5.75 Å². The van der Waals surface area contributed by atoms with Crippen LogP contribution in [-0.4, -0.2) is 30.5 Å². The minimum absolute atomic E-state index is 0.0710. The smallest absolute Gasteiger partial charge is 0.329 e. The molecule has 0 unspecified atom stereocenters. The molecular formula is C23H21ClN4O5. The fourth-order valence-electron chi connectivity index (χ4n) is 2.61. The van der Waals surface area contributed by atoms with E-state index >= 15 is 0 Å². The van der Waals surface area contributed by atoms with E-state index < -0.39 is 11.8 Å². The van der Waals surface area contributed by atoms with Gasteiger partial charge >= 0.3 is 11.8 Å². The Morgan fingerprint density at radius 1 is 0.970 bits per heavy atom. The Balaban J connectivity index is 1.49. The molecular weight excluding hydrogens is 448 g/mol. The quantitative estimate of drug-likeness (QED) is 0.253. The molecule has 1 heterocycles. The van der Waals surface area contributed by atoms with Crippen LogP contribution < -0.4 is 20.8 Å². The van der Waals surface area contributed by atoms with Crippen LogP contribution in [0, 0.1) is 0 Å². The summed E-state index contributed by atoms with van der Waals surface area (Å²) in [5.74, 6) is -1.30. The monoisotopic (exact) mass is 468 g/mol. The molecule has 10 heteroatoms. The van der Waals surface area contributed by atoms with Crippen LogP contribution in [0.2, 0.25) is 5.02 Å². The van der Waals surface area contributed by atoms with Gasteiger partial charge in [0, 0.05) is 17.1 Å². The molecule has 0 saturated carbocycles. The molecule has 3 aromatic rings. The van der Waals surface area contributed by atoms with Crippen LogP contribution >= 0.6 is 11.6 Å². The molecule has 0 radical (unpaired) electrons. The lowest BCUT2D eigenvalue weighted by molar-refractivity contribution is -0.139. The molecule has 170 valence electrons. The van der Waals surface area contributed by atoms with Crippen molar-refractivity contribution in [2.24, 2.45) is 5.10 Å². The summed E-state index contributed by atoms with van der Waals surface area (Å²) in [4.78, 5) is 35.8. The molecule has 0 aliphatic heterocycles. The Morgan fingerprint density at radius 2 is 1.79 bits per heavy atom. The normalized spacial score (nSPS) is 10.6. The van der Waals surface area contributed by atoms with Crippen LogP contribution in [0.1, 0.15) is 16.9 Å². The van der Waals surface area contributed by atoms with E-state index in [0.717, 1.165) is 5.56 Å². The minimum atomic E-state index is -0.956. The van der Waals surface area contributed by atoms with Gasteiger partial charge in [-0.15, -0.1) is 0 Å². The second-order valence-electron chi connectivity index (χ2n) is 6.69. The topological polar surface area (TPSA) is 122 Å². The number of hydrogen-bond donors (Lipinski definition) is 3. The van der Waals surface area contributed by atoms with Gasteiger partial charge in [-0.1, -0.05) is 41.9 Å². The van der Waals surface area contributed by atoms with Crippen molar-refractivity contribution in [1.82, 2.24) is 16.1 Å². The van der Waals surface area contributed by atoms with E-state index in [-0.39, 0.29) is 19.1 Å². The number of furan rings is 1. The molecule has 3 rings (SSSR count). The molecule has 0 fully saturated rings. The summed E-state index contributed by atoms with van der Waals surface area (Å²) in [6.45, 7) is 0.227. The zero-order chi connectivity index (χ0) is 23.5. The summed E-state index contributed by atoms with van der Waals surface area (Å²) >= 11 is 6.02. The maximum atomic E-state index is 12.1. The first kappa shape index (κ1) is 23.6. The van der Waals surface area contributed by atoms with Crippen molar-refractivity contribution >= 4 is 35.5 Å². The third-order valence-corrected chi connectivity index (χ3v) is 4.48. The zero-order valence-corrected chi connectivity index (χ0v) is 18.2.